The molecule has 2 aromatic carbocycles. The first-order chi connectivity index (χ1) is 22.4. The van der Waals surface area contributed by atoms with Gasteiger partial charge in [0, 0.05) is 40.7 Å². The van der Waals surface area contributed by atoms with Crippen LogP contribution in [0.4, 0.5) is 11.4 Å². The van der Waals surface area contributed by atoms with Gasteiger partial charge in [-0.3, -0.25) is 19.1 Å². The lowest BCUT2D eigenvalue weighted by Gasteiger charge is -2.30. The zero-order valence-electron chi connectivity index (χ0n) is 26.3. The van der Waals surface area contributed by atoms with E-state index in [1.165, 1.54) is 6.42 Å². The van der Waals surface area contributed by atoms with Crippen molar-refractivity contribution in [3.63, 3.8) is 0 Å². The SMILES string of the molecule is COc1ccc(N(C(=O)CN2C(=O)C(=Cc3c[nH]c4ccccc34)c3nnc(C4CCCCC4)n3-c3ccccc32)C(C)C)cn1. The molecule has 234 valence electrons. The molecule has 0 unspecified atom stereocenters. The number of para-hydroxylation sites is 3. The number of hydrogen-bond acceptors (Lipinski definition) is 6. The highest BCUT2D eigenvalue weighted by Crippen LogP contribution is 2.40. The van der Waals surface area contributed by atoms with Gasteiger partial charge in [0.2, 0.25) is 11.8 Å². The van der Waals surface area contributed by atoms with Crippen LogP contribution in [0, 0.1) is 0 Å². The molecular formula is C36H37N7O3. The molecule has 2 aliphatic rings. The molecule has 0 atom stereocenters. The topological polar surface area (TPSA) is 109 Å². The normalized spacial score (nSPS) is 16.0. The van der Waals surface area contributed by atoms with Crippen molar-refractivity contribution in [2.75, 3.05) is 23.5 Å². The van der Waals surface area contributed by atoms with Gasteiger partial charge in [-0.15, -0.1) is 10.2 Å². The highest BCUT2D eigenvalue weighted by molar-refractivity contribution is 6.32. The summed E-state index contributed by atoms with van der Waals surface area (Å²) in [5.74, 6) is 1.49. The summed E-state index contributed by atoms with van der Waals surface area (Å²) in [5.41, 5.74) is 4.26. The van der Waals surface area contributed by atoms with Gasteiger partial charge in [0.1, 0.15) is 12.4 Å². The summed E-state index contributed by atoms with van der Waals surface area (Å²) < 4.78 is 7.28. The van der Waals surface area contributed by atoms with Crippen LogP contribution in [0.3, 0.4) is 0 Å². The Hall–Kier alpha value is -5.25. The van der Waals surface area contributed by atoms with Crippen LogP contribution < -0.4 is 14.5 Å². The maximum Gasteiger partial charge on any atom is 0.262 e. The number of pyridine rings is 1. The summed E-state index contributed by atoms with van der Waals surface area (Å²) in [6.07, 6.45) is 10.9. The standard InChI is InChI=1S/C36H37N7O3/c1-23(2)42(26-17-18-32(46-3)38-21-26)33(44)22-41-30-15-9-10-16-31(30)43-34(24-11-5-4-6-12-24)39-40-35(43)28(36(41)45)19-25-20-37-29-14-8-7-13-27(25)29/h7-10,13-21,23-24,37H,4-6,11-12,22H2,1-3H3. The Balaban J connectivity index is 1.37. The van der Waals surface area contributed by atoms with Crippen molar-refractivity contribution in [1.82, 2.24) is 24.7 Å². The van der Waals surface area contributed by atoms with E-state index in [4.69, 9.17) is 14.9 Å². The minimum absolute atomic E-state index is 0.178. The van der Waals surface area contributed by atoms with Crippen LogP contribution in [0.1, 0.15) is 69.1 Å². The van der Waals surface area contributed by atoms with Gasteiger partial charge in [0.15, 0.2) is 5.82 Å². The van der Waals surface area contributed by atoms with Crippen molar-refractivity contribution in [1.29, 1.82) is 0 Å². The number of methoxy groups -OCH3 is 1. The molecule has 4 heterocycles. The van der Waals surface area contributed by atoms with E-state index in [9.17, 15) is 9.59 Å². The smallest absolute Gasteiger partial charge is 0.262 e. The number of fused-ring (bicyclic) bond motifs is 4. The Kier molecular flexibility index (Phi) is 7.86. The van der Waals surface area contributed by atoms with Crippen LogP contribution in [0.2, 0.25) is 0 Å². The lowest BCUT2D eigenvalue weighted by atomic mass is 9.88. The molecule has 0 saturated heterocycles. The van der Waals surface area contributed by atoms with Crippen molar-refractivity contribution in [3.05, 3.63) is 90.3 Å². The number of nitrogens with zero attached hydrogens (tertiary/aromatic N) is 6. The van der Waals surface area contributed by atoms with Gasteiger partial charge < -0.3 is 14.6 Å². The highest BCUT2D eigenvalue weighted by Gasteiger charge is 2.37. The number of rotatable bonds is 7. The van der Waals surface area contributed by atoms with Gasteiger partial charge in [-0.25, -0.2) is 4.98 Å². The van der Waals surface area contributed by atoms with Gasteiger partial charge in [-0.1, -0.05) is 49.6 Å². The van der Waals surface area contributed by atoms with Gasteiger partial charge in [-0.2, -0.15) is 0 Å². The van der Waals surface area contributed by atoms with Crippen LogP contribution in [0.25, 0.3) is 28.2 Å². The molecule has 1 aliphatic carbocycles. The van der Waals surface area contributed by atoms with Gasteiger partial charge in [-0.05, 0) is 57.0 Å². The Morgan fingerprint density at radius 3 is 2.52 bits per heavy atom. The summed E-state index contributed by atoms with van der Waals surface area (Å²) in [4.78, 5) is 39.9. The number of H-pyrrole nitrogens is 1. The Labute approximate surface area is 267 Å². The Morgan fingerprint density at radius 1 is 1.02 bits per heavy atom. The molecule has 1 aliphatic heterocycles. The molecule has 46 heavy (non-hydrogen) atoms. The fourth-order valence-electron chi connectivity index (χ4n) is 6.79. The van der Waals surface area contributed by atoms with Crippen LogP contribution in [-0.4, -0.2) is 56.2 Å². The van der Waals surface area contributed by atoms with Crippen LogP contribution in [-0.2, 0) is 9.59 Å². The third kappa shape index (κ3) is 5.23. The van der Waals surface area contributed by atoms with Crippen LogP contribution in [0.5, 0.6) is 5.88 Å². The van der Waals surface area contributed by atoms with Crippen molar-refractivity contribution in [3.8, 4) is 11.6 Å². The lowest BCUT2D eigenvalue weighted by Crippen LogP contribution is -2.46. The molecule has 3 aromatic heterocycles. The zero-order valence-corrected chi connectivity index (χ0v) is 26.3. The first-order valence-corrected chi connectivity index (χ1v) is 15.9. The van der Waals surface area contributed by atoms with E-state index in [1.807, 2.05) is 80.7 Å². The number of carbonyl (C=O) groups is 2. The van der Waals surface area contributed by atoms with Crippen LogP contribution >= 0.6 is 0 Å². The maximum absolute atomic E-state index is 14.8. The third-order valence-corrected chi connectivity index (χ3v) is 9.00. The van der Waals surface area contributed by atoms with Gasteiger partial charge in [0.05, 0.1) is 35.9 Å². The highest BCUT2D eigenvalue weighted by atomic mass is 16.5. The fourth-order valence-corrected chi connectivity index (χ4v) is 6.79. The van der Waals surface area contributed by atoms with Crippen molar-refractivity contribution in [2.45, 2.75) is 57.9 Å². The predicted molar refractivity (Wildman–Crippen MR) is 179 cm³/mol. The van der Waals surface area contributed by atoms with E-state index in [2.05, 4.69) is 14.5 Å². The van der Waals surface area contributed by atoms with E-state index < -0.39 is 0 Å². The number of aromatic nitrogens is 5. The number of hydrogen-bond donors (Lipinski definition) is 1. The fraction of sp³-hybridized carbons (Fsp3) is 0.306. The third-order valence-electron chi connectivity index (χ3n) is 9.00. The molecule has 1 fully saturated rings. The quantitative estimate of drug-likeness (QED) is 0.209. The number of amides is 2. The number of nitrogens with one attached hydrogen (secondary N) is 1. The molecule has 1 saturated carbocycles. The molecule has 10 nitrogen and oxygen atoms in total. The van der Waals surface area contributed by atoms with Gasteiger partial charge >= 0.3 is 0 Å². The minimum Gasteiger partial charge on any atom is -0.481 e. The zero-order chi connectivity index (χ0) is 31.8. The molecular weight excluding hydrogens is 578 g/mol. The maximum atomic E-state index is 14.8. The number of aromatic amines is 1. The number of ether oxygens (including phenoxy) is 1. The van der Waals surface area contributed by atoms with E-state index >= 15 is 0 Å². The van der Waals surface area contributed by atoms with Crippen LogP contribution in [0.15, 0.2) is 73.1 Å². The number of carbonyl (C=O) groups excluding carboxylic acids is 2. The van der Waals surface area contributed by atoms with Crippen molar-refractivity contribution in [2.24, 2.45) is 0 Å². The average Bonchev–Trinajstić information content (AvgIpc) is 3.69. The second kappa shape index (κ2) is 12.3. The largest absolute Gasteiger partial charge is 0.481 e. The summed E-state index contributed by atoms with van der Waals surface area (Å²) in [6, 6.07) is 19.1. The Morgan fingerprint density at radius 2 is 1.78 bits per heavy atom. The van der Waals surface area contributed by atoms with Crippen molar-refractivity contribution < 1.29 is 14.3 Å². The minimum atomic E-state index is -0.316. The van der Waals surface area contributed by atoms with Gasteiger partial charge in [0.25, 0.3) is 5.91 Å². The number of anilines is 2. The number of benzene rings is 2. The second-order valence-electron chi connectivity index (χ2n) is 12.2. The first kappa shape index (κ1) is 29.5. The molecule has 5 aromatic rings. The molecule has 0 spiro atoms. The molecule has 10 heteroatoms. The molecule has 0 bridgehead atoms. The van der Waals surface area contributed by atoms with Crippen molar-refractivity contribution >= 4 is 45.7 Å². The first-order valence-electron chi connectivity index (χ1n) is 15.9. The summed E-state index contributed by atoms with van der Waals surface area (Å²) >= 11 is 0. The van der Waals surface area contributed by atoms with E-state index in [-0.39, 0.29) is 30.3 Å². The summed E-state index contributed by atoms with van der Waals surface area (Å²) in [7, 11) is 1.55. The lowest BCUT2D eigenvalue weighted by molar-refractivity contribution is -0.120. The molecule has 2 amide bonds. The monoisotopic (exact) mass is 615 g/mol. The van der Waals surface area contributed by atoms with E-state index in [0.717, 1.165) is 53.7 Å². The summed E-state index contributed by atoms with van der Waals surface area (Å²) in [6.45, 7) is 3.71. The molecule has 7 rings (SSSR count). The molecule has 1 N–H and O–H groups in total. The summed E-state index contributed by atoms with van der Waals surface area (Å²) in [5, 5.41) is 10.4. The van der Waals surface area contributed by atoms with E-state index in [1.54, 1.807) is 29.2 Å². The second-order valence-corrected chi connectivity index (χ2v) is 12.2. The molecule has 0 radical (unpaired) electrons. The van der Waals surface area contributed by atoms with E-state index in [0.29, 0.717) is 28.7 Å². The average molecular weight is 616 g/mol. The predicted octanol–water partition coefficient (Wildman–Crippen LogP) is 6.53. The Bertz CT molecular complexity index is 1930.